The quantitative estimate of drug-likeness (QED) is 0.774. The summed E-state index contributed by atoms with van der Waals surface area (Å²) in [5.41, 5.74) is 2.07. The van der Waals surface area contributed by atoms with Crippen LogP contribution in [0.2, 0.25) is 0 Å². The number of benzene rings is 2. The molecule has 4 rings (SSSR count). The van der Waals surface area contributed by atoms with E-state index in [2.05, 4.69) is 0 Å². The van der Waals surface area contributed by atoms with Gasteiger partial charge in [-0.2, -0.15) is 0 Å². The third kappa shape index (κ3) is 5.48. The van der Waals surface area contributed by atoms with Crippen LogP contribution in [0.15, 0.2) is 48.5 Å². The summed E-state index contributed by atoms with van der Waals surface area (Å²) in [4.78, 5) is 0. The summed E-state index contributed by atoms with van der Waals surface area (Å²) < 4.78 is 23.7. The minimum Gasteiger partial charge on any atom is -0.508 e. The molecule has 156 valence electrons. The van der Waals surface area contributed by atoms with Gasteiger partial charge in [0.2, 0.25) is 0 Å². The molecule has 0 atom stereocenters. The van der Waals surface area contributed by atoms with E-state index in [4.69, 9.17) is 18.9 Å². The topological polar surface area (TPSA) is 77.4 Å². The van der Waals surface area contributed by atoms with Gasteiger partial charge in [0.25, 0.3) is 0 Å². The number of phenols is 2. The first-order chi connectivity index (χ1) is 14.1. The molecule has 2 aliphatic heterocycles. The van der Waals surface area contributed by atoms with Crippen LogP contribution in [-0.2, 0) is 31.8 Å². The summed E-state index contributed by atoms with van der Waals surface area (Å²) in [7, 11) is 0. The van der Waals surface area contributed by atoms with E-state index in [-0.39, 0.29) is 29.5 Å². The zero-order chi connectivity index (χ0) is 20.1. The number of hydrogen-bond donors (Lipinski definition) is 2. The van der Waals surface area contributed by atoms with Gasteiger partial charge in [-0.25, -0.2) is 0 Å². The molecule has 0 amide bonds. The molecule has 6 heteroatoms. The molecule has 0 unspecified atom stereocenters. The highest BCUT2D eigenvalue weighted by Gasteiger charge is 2.41. The molecule has 2 aromatic carbocycles. The van der Waals surface area contributed by atoms with Crippen LogP contribution in [0.5, 0.6) is 11.5 Å². The first-order valence-corrected chi connectivity index (χ1v) is 10.1. The van der Waals surface area contributed by atoms with Gasteiger partial charge < -0.3 is 29.2 Å². The van der Waals surface area contributed by atoms with E-state index in [9.17, 15) is 10.2 Å². The smallest absolute Gasteiger partial charge is 0.157 e. The molecule has 29 heavy (non-hydrogen) atoms. The Morgan fingerprint density at radius 1 is 0.621 bits per heavy atom. The summed E-state index contributed by atoms with van der Waals surface area (Å²) in [6, 6.07) is 14.5. The van der Waals surface area contributed by atoms with E-state index >= 15 is 0 Å². The van der Waals surface area contributed by atoms with Crippen LogP contribution < -0.4 is 0 Å². The Hall–Kier alpha value is -2.12. The van der Waals surface area contributed by atoms with Gasteiger partial charge in [-0.15, -0.1) is 0 Å². The summed E-state index contributed by atoms with van der Waals surface area (Å²) in [6.07, 6.45) is 2.79. The SMILES string of the molecule is Oc1ccc(CCC2OCC3(CO2)COC(CCc2ccc(O)cc2)OC3)cc1. The van der Waals surface area contributed by atoms with Crippen molar-refractivity contribution in [2.45, 2.75) is 38.3 Å². The molecule has 0 aliphatic carbocycles. The molecule has 2 N–H and O–H groups in total. The van der Waals surface area contributed by atoms with Crippen LogP contribution in [0.1, 0.15) is 24.0 Å². The Bertz CT molecular complexity index is 686. The summed E-state index contributed by atoms with van der Waals surface area (Å²) >= 11 is 0. The van der Waals surface area contributed by atoms with E-state index in [1.165, 1.54) is 0 Å². The van der Waals surface area contributed by atoms with Crippen molar-refractivity contribution in [3.63, 3.8) is 0 Å². The van der Waals surface area contributed by atoms with Crippen LogP contribution in [0, 0.1) is 5.41 Å². The molecule has 2 fully saturated rings. The largest absolute Gasteiger partial charge is 0.508 e. The van der Waals surface area contributed by atoms with Crippen molar-refractivity contribution in [2.75, 3.05) is 26.4 Å². The van der Waals surface area contributed by atoms with Crippen LogP contribution in [0.4, 0.5) is 0 Å². The number of ether oxygens (including phenoxy) is 4. The molecule has 0 aromatic heterocycles. The molecule has 0 bridgehead atoms. The van der Waals surface area contributed by atoms with Crippen molar-refractivity contribution in [3.8, 4) is 11.5 Å². The van der Waals surface area contributed by atoms with Gasteiger partial charge in [0.15, 0.2) is 12.6 Å². The van der Waals surface area contributed by atoms with E-state index < -0.39 is 0 Å². The van der Waals surface area contributed by atoms with Crippen LogP contribution in [0.3, 0.4) is 0 Å². The number of rotatable bonds is 6. The molecule has 2 aromatic rings. The maximum absolute atomic E-state index is 9.35. The highest BCUT2D eigenvalue weighted by atomic mass is 16.7. The van der Waals surface area contributed by atoms with Gasteiger partial charge in [0.05, 0.1) is 31.8 Å². The minimum atomic E-state index is -0.232. The maximum Gasteiger partial charge on any atom is 0.157 e. The summed E-state index contributed by atoms with van der Waals surface area (Å²) in [5.74, 6) is 0.555. The van der Waals surface area contributed by atoms with Crippen molar-refractivity contribution in [1.29, 1.82) is 0 Å². The molecular weight excluding hydrogens is 372 g/mol. The Balaban J connectivity index is 1.17. The van der Waals surface area contributed by atoms with Gasteiger partial charge in [-0.1, -0.05) is 24.3 Å². The monoisotopic (exact) mass is 400 g/mol. The lowest BCUT2D eigenvalue weighted by atomic mass is 9.90. The van der Waals surface area contributed by atoms with Gasteiger partial charge >= 0.3 is 0 Å². The predicted molar refractivity (Wildman–Crippen MR) is 107 cm³/mol. The Kier molecular flexibility index (Phi) is 6.35. The second-order valence-corrected chi connectivity index (χ2v) is 8.01. The van der Waals surface area contributed by atoms with Crippen molar-refractivity contribution in [3.05, 3.63) is 59.7 Å². The van der Waals surface area contributed by atoms with Gasteiger partial charge in [0.1, 0.15) is 11.5 Å². The lowest BCUT2D eigenvalue weighted by Gasteiger charge is -2.43. The third-order valence-electron chi connectivity index (χ3n) is 5.51. The predicted octanol–water partition coefficient (Wildman–Crippen LogP) is 3.40. The molecule has 6 nitrogen and oxygen atoms in total. The minimum absolute atomic E-state index is 0.221. The number of aromatic hydroxyl groups is 2. The highest BCUT2D eigenvalue weighted by molar-refractivity contribution is 5.26. The third-order valence-corrected chi connectivity index (χ3v) is 5.51. The fourth-order valence-electron chi connectivity index (χ4n) is 3.65. The maximum atomic E-state index is 9.35. The van der Waals surface area contributed by atoms with Crippen molar-refractivity contribution >= 4 is 0 Å². The van der Waals surface area contributed by atoms with E-state index in [0.29, 0.717) is 26.4 Å². The van der Waals surface area contributed by atoms with Gasteiger partial charge in [0, 0.05) is 12.8 Å². The Morgan fingerprint density at radius 3 is 1.31 bits per heavy atom. The second-order valence-electron chi connectivity index (χ2n) is 8.01. The second kappa shape index (κ2) is 9.13. The lowest BCUT2D eigenvalue weighted by molar-refractivity contribution is -0.303. The lowest BCUT2D eigenvalue weighted by Crippen LogP contribution is -2.52. The fraction of sp³-hybridized carbons (Fsp3) is 0.478. The molecule has 0 saturated carbocycles. The van der Waals surface area contributed by atoms with Crippen molar-refractivity contribution in [2.24, 2.45) is 5.41 Å². The average Bonchev–Trinajstić information content (AvgIpc) is 2.75. The Morgan fingerprint density at radius 2 is 0.966 bits per heavy atom. The first kappa shape index (κ1) is 20.2. The van der Waals surface area contributed by atoms with Gasteiger partial charge in [-0.05, 0) is 48.2 Å². The fourth-order valence-corrected chi connectivity index (χ4v) is 3.65. The molecule has 0 radical (unpaired) electrons. The molecule has 2 heterocycles. The van der Waals surface area contributed by atoms with Crippen molar-refractivity contribution in [1.82, 2.24) is 0 Å². The van der Waals surface area contributed by atoms with Crippen LogP contribution in [-0.4, -0.2) is 49.2 Å². The standard InChI is InChI=1S/C23H28O6/c24-19-7-1-17(2-8-19)5-11-21-26-13-23(14-27-21)15-28-22(29-16-23)12-6-18-3-9-20(25)10-4-18/h1-4,7-10,21-22,24-25H,5-6,11-16H2. The number of hydrogen-bond acceptors (Lipinski definition) is 6. The normalized spacial score (nSPS) is 27.2. The average molecular weight is 400 g/mol. The van der Waals surface area contributed by atoms with E-state index in [1.54, 1.807) is 24.3 Å². The van der Waals surface area contributed by atoms with Crippen LogP contribution in [0.25, 0.3) is 0 Å². The zero-order valence-corrected chi connectivity index (χ0v) is 16.5. The molecular formula is C23H28O6. The van der Waals surface area contributed by atoms with E-state index in [1.807, 2.05) is 24.3 Å². The number of aryl methyl sites for hydroxylation is 2. The first-order valence-electron chi connectivity index (χ1n) is 10.1. The molecule has 2 saturated heterocycles. The highest BCUT2D eigenvalue weighted by Crippen LogP contribution is 2.32. The summed E-state index contributed by atoms with van der Waals surface area (Å²) in [6.45, 7) is 2.27. The number of phenolic OH excluding ortho intramolecular Hbond substituents is 2. The van der Waals surface area contributed by atoms with Crippen LogP contribution >= 0.6 is 0 Å². The molecule has 1 spiro atoms. The molecule has 2 aliphatic rings. The van der Waals surface area contributed by atoms with Crippen molar-refractivity contribution < 1.29 is 29.2 Å². The van der Waals surface area contributed by atoms with Gasteiger partial charge in [-0.3, -0.25) is 0 Å². The zero-order valence-electron chi connectivity index (χ0n) is 16.5. The Labute approximate surface area is 171 Å². The van der Waals surface area contributed by atoms with E-state index in [0.717, 1.165) is 36.8 Å². The summed E-state index contributed by atoms with van der Waals surface area (Å²) in [5, 5.41) is 18.7.